The Morgan fingerprint density at radius 3 is 1.45 bits per heavy atom. The molecule has 16 heteroatoms. The van der Waals surface area contributed by atoms with Gasteiger partial charge in [0, 0.05) is 26.3 Å². The van der Waals surface area contributed by atoms with Gasteiger partial charge in [-0.25, -0.2) is 19.6 Å². The number of fused-ring (bicyclic) bond motifs is 5. The van der Waals surface area contributed by atoms with Crippen molar-refractivity contribution in [1.82, 2.24) is 40.4 Å². The zero-order chi connectivity index (χ0) is 44.8. The summed E-state index contributed by atoms with van der Waals surface area (Å²) in [6, 6.07) is 11.0. The fraction of sp³-hybridized carbons (Fsp3) is 0.542. The summed E-state index contributed by atoms with van der Waals surface area (Å²) in [6.07, 6.45) is 10.7. The standard InChI is InChI=1S/C48H60N8O8/c1-25(61-3)41(53-47(59)63-5)45(57)55-37-11-7-9-31(37)21-39(55)43-49-23-35(51-43)29-15-17-33-27(19-29)13-14-28-20-30(16-18-34(28)33)36-24-50-44(52-36)40-22-32-10-8-12-38(32)56(40)46(58)42(26(2)62-4)54-48(60)64-6/h15-20,23-26,31-32,37-42H,7-14,21-22H2,1-6H3,(H,49,51)(H,50,52)(H,53,59)(H,54,60)/t25-,26-,31+,32+,37+,38+,39+,40+,41+,42+/m1/s1. The van der Waals surface area contributed by atoms with Crippen LogP contribution in [0, 0.1) is 11.8 Å². The third kappa shape index (κ3) is 7.92. The molecule has 0 radical (unpaired) electrons. The highest BCUT2D eigenvalue weighted by atomic mass is 16.5. The van der Waals surface area contributed by atoms with Gasteiger partial charge in [-0.15, -0.1) is 0 Å². The Hall–Kier alpha value is -5.74. The van der Waals surface area contributed by atoms with E-state index in [2.05, 4.69) is 57.0 Å². The molecule has 4 N–H and O–H groups in total. The van der Waals surface area contributed by atoms with Crippen molar-refractivity contribution in [3.63, 3.8) is 0 Å². The number of H-pyrrole nitrogens is 2. The molecule has 2 aliphatic heterocycles. The molecule has 10 atom stereocenters. The number of ether oxygens (including phenoxy) is 4. The zero-order valence-corrected chi connectivity index (χ0v) is 37.5. The molecule has 9 rings (SSSR count). The van der Waals surface area contributed by atoms with Crippen molar-refractivity contribution in [3.05, 3.63) is 71.6 Å². The van der Waals surface area contributed by atoms with Crippen LogP contribution in [0.5, 0.6) is 0 Å². The summed E-state index contributed by atoms with van der Waals surface area (Å²) in [7, 11) is 5.64. The van der Waals surface area contributed by atoms with Crippen LogP contribution in [0.4, 0.5) is 9.59 Å². The number of nitrogens with zero attached hydrogens (tertiary/aromatic N) is 4. The number of benzene rings is 2. The second-order valence-electron chi connectivity index (χ2n) is 18.2. The van der Waals surface area contributed by atoms with E-state index in [-0.39, 0.29) is 36.0 Å². The van der Waals surface area contributed by atoms with Gasteiger partial charge in [-0.3, -0.25) is 9.59 Å². The Morgan fingerprint density at radius 2 is 1.06 bits per heavy atom. The molecule has 0 spiro atoms. The highest BCUT2D eigenvalue weighted by Crippen LogP contribution is 2.49. The number of aromatic nitrogens is 4. The van der Waals surface area contributed by atoms with Crippen LogP contribution in [0.3, 0.4) is 0 Å². The van der Waals surface area contributed by atoms with E-state index in [0.717, 1.165) is 98.4 Å². The number of aromatic amines is 2. The first-order chi connectivity index (χ1) is 31.0. The van der Waals surface area contributed by atoms with E-state index in [0.29, 0.717) is 11.8 Å². The molecule has 4 amide bonds. The average Bonchev–Trinajstić information content (AvgIpc) is 4.18. The molecule has 2 saturated carbocycles. The van der Waals surface area contributed by atoms with E-state index in [1.807, 2.05) is 22.2 Å². The quantitative estimate of drug-likeness (QED) is 0.120. The van der Waals surface area contributed by atoms with Crippen molar-refractivity contribution < 1.29 is 38.1 Å². The lowest BCUT2D eigenvalue weighted by atomic mass is 9.83. The summed E-state index contributed by atoms with van der Waals surface area (Å²) < 4.78 is 20.8. The number of aryl methyl sites for hydroxylation is 2. The molecular weight excluding hydrogens is 817 g/mol. The first-order valence-electron chi connectivity index (χ1n) is 22.8. The van der Waals surface area contributed by atoms with Gasteiger partial charge in [-0.05, 0) is 123 Å². The number of carbonyl (C=O) groups excluding carboxylic acids is 4. The number of amides is 4. The molecule has 5 aliphatic rings. The van der Waals surface area contributed by atoms with Crippen LogP contribution >= 0.6 is 0 Å². The van der Waals surface area contributed by atoms with Crippen LogP contribution in [-0.4, -0.2) is 119 Å². The maximum absolute atomic E-state index is 14.3. The summed E-state index contributed by atoms with van der Waals surface area (Å²) in [5.41, 5.74) is 8.76. The van der Waals surface area contributed by atoms with Gasteiger partial charge in [0.15, 0.2) is 0 Å². The predicted molar refractivity (Wildman–Crippen MR) is 237 cm³/mol. The Labute approximate surface area is 373 Å². The summed E-state index contributed by atoms with van der Waals surface area (Å²) in [4.78, 5) is 73.9. The largest absolute Gasteiger partial charge is 0.453 e. The van der Waals surface area contributed by atoms with Crippen LogP contribution in [0.15, 0.2) is 48.8 Å². The molecule has 64 heavy (non-hydrogen) atoms. The number of carbonyl (C=O) groups is 4. The Morgan fingerprint density at radius 1 is 0.641 bits per heavy atom. The van der Waals surface area contributed by atoms with Crippen molar-refractivity contribution in [2.75, 3.05) is 28.4 Å². The monoisotopic (exact) mass is 876 g/mol. The molecule has 2 aromatic carbocycles. The van der Waals surface area contributed by atoms with Crippen molar-refractivity contribution in [1.29, 1.82) is 0 Å². The fourth-order valence-corrected chi connectivity index (χ4v) is 11.5. The van der Waals surface area contributed by atoms with Crippen LogP contribution in [0.1, 0.15) is 100 Å². The second-order valence-corrected chi connectivity index (χ2v) is 18.2. The first kappa shape index (κ1) is 43.5. The van der Waals surface area contributed by atoms with E-state index >= 15 is 0 Å². The molecule has 4 heterocycles. The minimum Gasteiger partial charge on any atom is -0.453 e. The summed E-state index contributed by atoms with van der Waals surface area (Å²) in [5.74, 6) is 1.85. The summed E-state index contributed by atoms with van der Waals surface area (Å²) in [6.45, 7) is 3.55. The van der Waals surface area contributed by atoms with Gasteiger partial charge in [0.05, 0.1) is 62.3 Å². The number of methoxy groups -OCH3 is 4. The van der Waals surface area contributed by atoms with E-state index in [9.17, 15) is 19.2 Å². The molecular formula is C48H60N8O8. The number of alkyl carbamates (subject to hydrolysis) is 2. The third-order valence-electron chi connectivity index (χ3n) is 14.9. The van der Waals surface area contributed by atoms with Gasteiger partial charge in [-0.2, -0.15) is 0 Å². The lowest BCUT2D eigenvalue weighted by Crippen LogP contribution is -2.55. The number of imidazole rings is 2. The molecule has 3 aliphatic carbocycles. The lowest BCUT2D eigenvalue weighted by molar-refractivity contribution is -0.140. The first-order valence-corrected chi connectivity index (χ1v) is 22.8. The van der Waals surface area contributed by atoms with Crippen LogP contribution in [-0.2, 0) is 41.4 Å². The fourth-order valence-electron chi connectivity index (χ4n) is 11.5. The summed E-state index contributed by atoms with van der Waals surface area (Å²) >= 11 is 0. The molecule has 0 unspecified atom stereocenters. The third-order valence-corrected chi connectivity index (χ3v) is 14.9. The van der Waals surface area contributed by atoms with Gasteiger partial charge < -0.3 is 49.3 Å². The highest BCUT2D eigenvalue weighted by Gasteiger charge is 2.51. The Kier molecular flexibility index (Phi) is 12.3. The maximum atomic E-state index is 14.3. The number of hydrogen-bond donors (Lipinski definition) is 4. The SMILES string of the molecule is COC(=O)N[C@H](C(=O)N1[C@H](c2ncc(-c3ccc4c(c3)CCc3cc(-c5cnc([C@@H]6C[C@@H]7CCC[C@@H]7N6C(=O)[C@@H](NC(=O)OC)[C@@H](C)OC)[nH]5)ccc3-4)[nH]2)C[C@@H]2CCC[C@@H]21)[C@@H](C)OC. The molecule has 16 nitrogen and oxygen atoms in total. The smallest absolute Gasteiger partial charge is 0.407 e. The molecule has 0 bridgehead atoms. The van der Waals surface area contributed by atoms with Gasteiger partial charge in [0.2, 0.25) is 11.8 Å². The Balaban J connectivity index is 0.928. The molecule has 2 aromatic heterocycles. The van der Waals surface area contributed by atoms with Crippen LogP contribution in [0.25, 0.3) is 33.6 Å². The van der Waals surface area contributed by atoms with Crippen molar-refractivity contribution in [3.8, 4) is 33.6 Å². The van der Waals surface area contributed by atoms with Gasteiger partial charge in [-0.1, -0.05) is 37.1 Å². The average molecular weight is 877 g/mol. The minimum absolute atomic E-state index is 0.0753. The van der Waals surface area contributed by atoms with E-state index in [1.54, 1.807) is 13.8 Å². The number of likely N-dealkylation sites (tertiary alicyclic amines) is 2. The van der Waals surface area contributed by atoms with Gasteiger partial charge >= 0.3 is 12.2 Å². The Bertz CT molecular complexity index is 2230. The van der Waals surface area contributed by atoms with Crippen LogP contribution in [0.2, 0.25) is 0 Å². The number of hydrogen-bond acceptors (Lipinski definition) is 10. The van der Waals surface area contributed by atoms with Crippen LogP contribution < -0.4 is 10.6 Å². The van der Waals surface area contributed by atoms with E-state index in [4.69, 9.17) is 28.9 Å². The van der Waals surface area contributed by atoms with Gasteiger partial charge in [0.25, 0.3) is 0 Å². The molecule has 4 fully saturated rings. The normalized spacial score (nSPS) is 25.1. The maximum Gasteiger partial charge on any atom is 0.407 e. The number of rotatable bonds is 12. The van der Waals surface area contributed by atoms with Gasteiger partial charge in [0.1, 0.15) is 23.7 Å². The van der Waals surface area contributed by atoms with E-state index in [1.165, 1.54) is 50.7 Å². The topological polar surface area (TPSA) is 193 Å². The minimum atomic E-state index is -0.895. The van der Waals surface area contributed by atoms with E-state index < -0.39 is 36.5 Å². The molecule has 340 valence electrons. The summed E-state index contributed by atoms with van der Waals surface area (Å²) in [5, 5.41) is 5.44. The van der Waals surface area contributed by atoms with Crippen molar-refractivity contribution in [2.24, 2.45) is 11.8 Å². The zero-order valence-electron chi connectivity index (χ0n) is 37.5. The molecule has 4 aromatic rings. The predicted octanol–water partition coefficient (Wildman–Crippen LogP) is 6.64. The number of nitrogens with one attached hydrogen (secondary N) is 4. The van der Waals surface area contributed by atoms with Crippen molar-refractivity contribution in [2.45, 2.75) is 127 Å². The lowest BCUT2D eigenvalue weighted by Gasteiger charge is -2.34. The molecule has 2 saturated heterocycles. The second kappa shape index (κ2) is 18.0. The highest BCUT2D eigenvalue weighted by molar-refractivity contribution is 5.88. The van der Waals surface area contributed by atoms with Crippen molar-refractivity contribution >= 4 is 24.0 Å².